The van der Waals surface area contributed by atoms with Crippen LogP contribution in [0.2, 0.25) is 0 Å². The Balaban J connectivity index is 1.41. The molecule has 1 heterocycles. The molecule has 134 valence electrons. The van der Waals surface area contributed by atoms with Crippen LogP contribution in [-0.4, -0.2) is 22.4 Å². The topological polar surface area (TPSA) is 54.4 Å². The first-order chi connectivity index (χ1) is 13.2. The lowest BCUT2D eigenvalue weighted by atomic mass is 10.0. The van der Waals surface area contributed by atoms with Gasteiger partial charge in [0.15, 0.2) is 4.34 Å². The molecule has 0 radical (unpaired) electrons. The molecule has 1 N–H and O–H groups in total. The van der Waals surface area contributed by atoms with Crippen LogP contribution in [-0.2, 0) is 4.79 Å². The molecular formula is C21H17N3OS2. The molecule has 0 aliphatic carbocycles. The first kappa shape index (κ1) is 17.7. The zero-order valence-electron chi connectivity index (χ0n) is 14.7. The monoisotopic (exact) mass is 391 g/mol. The minimum absolute atomic E-state index is 0.140. The van der Waals surface area contributed by atoms with Crippen molar-refractivity contribution in [3.8, 4) is 0 Å². The smallest absolute Gasteiger partial charge is 0.250 e. The van der Waals surface area contributed by atoms with Crippen LogP contribution < -0.4 is 5.43 Å². The van der Waals surface area contributed by atoms with Gasteiger partial charge in [-0.05, 0) is 29.8 Å². The summed E-state index contributed by atoms with van der Waals surface area (Å²) in [5.74, 6) is 0.144. The average Bonchev–Trinajstić information content (AvgIpc) is 3.13. The van der Waals surface area contributed by atoms with Crippen LogP contribution in [0.4, 0.5) is 0 Å². The third-order valence-electron chi connectivity index (χ3n) is 4.13. The van der Waals surface area contributed by atoms with Crippen LogP contribution in [0.25, 0.3) is 21.0 Å². The minimum Gasteiger partial charge on any atom is -0.272 e. The minimum atomic E-state index is -0.140. The fourth-order valence-electron chi connectivity index (χ4n) is 2.82. The number of hydrogen-bond acceptors (Lipinski definition) is 5. The molecule has 0 aliphatic rings. The van der Waals surface area contributed by atoms with Gasteiger partial charge in [-0.2, -0.15) is 5.10 Å². The summed E-state index contributed by atoms with van der Waals surface area (Å²) in [6, 6.07) is 22.2. The van der Waals surface area contributed by atoms with Gasteiger partial charge in [0.2, 0.25) is 0 Å². The lowest BCUT2D eigenvalue weighted by molar-refractivity contribution is -0.118. The van der Waals surface area contributed by atoms with E-state index in [4.69, 9.17) is 0 Å². The summed E-state index contributed by atoms with van der Waals surface area (Å²) in [4.78, 5) is 16.7. The van der Waals surface area contributed by atoms with Crippen molar-refractivity contribution in [1.29, 1.82) is 0 Å². The van der Waals surface area contributed by atoms with E-state index in [1.165, 1.54) is 11.8 Å². The van der Waals surface area contributed by atoms with Gasteiger partial charge in [-0.15, -0.1) is 11.3 Å². The summed E-state index contributed by atoms with van der Waals surface area (Å²) >= 11 is 3.03. The van der Waals surface area contributed by atoms with E-state index in [0.717, 1.165) is 36.6 Å². The predicted molar refractivity (Wildman–Crippen MR) is 115 cm³/mol. The van der Waals surface area contributed by atoms with Gasteiger partial charge in [0.1, 0.15) is 0 Å². The quantitative estimate of drug-likeness (QED) is 0.293. The van der Waals surface area contributed by atoms with Crippen LogP contribution in [0.5, 0.6) is 0 Å². The van der Waals surface area contributed by atoms with Gasteiger partial charge in [-0.25, -0.2) is 10.4 Å². The SMILES string of the molecule is C/C(=N\NC(=O)CSc1nc2ccccc2s1)c1cccc2ccccc12. The third kappa shape index (κ3) is 4.02. The number of rotatable bonds is 5. The van der Waals surface area contributed by atoms with E-state index in [1.807, 2.05) is 55.5 Å². The first-order valence-electron chi connectivity index (χ1n) is 8.50. The second-order valence-electron chi connectivity index (χ2n) is 6.00. The van der Waals surface area contributed by atoms with E-state index in [-0.39, 0.29) is 11.7 Å². The highest BCUT2D eigenvalue weighted by molar-refractivity contribution is 8.01. The Hall–Kier alpha value is -2.70. The van der Waals surface area contributed by atoms with Crippen LogP contribution in [0.15, 0.2) is 76.2 Å². The van der Waals surface area contributed by atoms with Gasteiger partial charge in [-0.1, -0.05) is 66.4 Å². The van der Waals surface area contributed by atoms with Gasteiger partial charge in [0.05, 0.1) is 21.7 Å². The molecule has 0 atom stereocenters. The zero-order valence-corrected chi connectivity index (χ0v) is 16.3. The normalized spacial score (nSPS) is 11.8. The Kier molecular flexibility index (Phi) is 5.18. The molecule has 4 nitrogen and oxygen atoms in total. The molecule has 0 fully saturated rings. The van der Waals surface area contributed by atoms with Crippen LogP contribution >= 0.6 is 23.1 Å². The first-order valence-corrected chi connectivity index (χ1v) is 10.3. The van der Waals surface area contributed by atoms with Crippen molar-refractivity contribution in [2.75, 3.05) is 5.75 Å². The molecule has 0 saturated carbocycles. The van der Waals surface area contributed by atoms with Gasteiger partial charge < -0.3 is 0 Å². The number of nitrogens with zero attached hydrogens (tertiary/aromatic N) is 2. The van der Waals surface area contributed by atoms with Crippen LogP contribution in [0.3, 0.4) is 0 Å². The molecule has 27 heavy (non-hydrogen) atoms. The van der Waals surface area contributed by atoms with Crippen molar-refractivity contribution in [3.05, 3.63) is 72.3 Å². The number of carbonyl (C=O) groups excluding carboxylic acids is 1. The third-order valence-corrected chi connectivity index (χ3v) is 6.31. The summed E-state index contributed by atoms with van der Waals surface area (Å²) < 4.78 is 2.02. The lowest BCUT2D eigenvalue weighted by Crippen LogP contribution is -2.21. The number of thioether (sulfide) groups is 1. The molecule has 4 aromatic rings. The molecular weight excluding hydrogens is 374 g/mol. The Morgan fingerprint density at radius 2 is 1.85 bits per heavy atom. The summed E-state index contributed by atoms with van der Waals surface area (Å²) in [5, 5.41) is 6.57. The number of thiazole rings is 1. The maximum absolute atomic E-state index is 12.2. The molecule has 1 aromatic heterocycles. The Morgan fingerprint density at radius 1 is 1.07 bits per heavy atom. The fourth-order valence-corrected chi connectivity index (χ4v) is 4.68. The number of nitrogens with one attached hydrogen (secondary N) is 1. The number of carbonyl (C=O) groups is 1. The number of benzene rings is 3. The molecule has 3 aromatic carbocycles. The second kappa shape index (κ2) is 7.90. The number of fused-ring (bicyclic) bond motifs is 2. The number of para-hydroxylation sites is 1. The molecule has 0 saturated heterocycles. The van der Waals surface area contributed by atoms with Crippen molar-refractivity contribution >= 4 is 55.7 Å². The number of amides is 1. The summed E-state index contributed by atoms with van der Waals surface area (Å²) in [5.41, 5.74) is 5.43. The van der Waals surface area contributed by atoms with Crippen LogP contribution in [0, 0.1) is 0 Å². The predicted octanol–water partition coefficient (Wildman–Crippen LogP) is 5.08. The number of hydrogen-bond donors (Lipinski definition) is 1. The van der Waals surface area contributed by atoms with Crippen molar-refractivity contribution < 1.29 is 4.79 Å². The van der Waals surface area contributed by atoms with Crippen molar-refractivity contribution in [1.82, 2.24) is 10.4 Å². The Morgan fingerprint density at radius 3 is 2.74 bits per heavy atom. The van der Waals surface area contributed by atoms with Crippen molar-refractivity contribution in [2.45, 2.75) is 11.3 Å². The molecule has 1 amide bonds. The molecule has 0 bridgehead atoms. The molecule has 0 aliphatic heterocycles. The molecule has 6 heteroatoms. The average molecular weight is 392 g/mol. The number of aromatic nitrogens is 1. The van der Waals surface area contributed by atoms with E-state index in [0.29, 0.717) is 0 Å². The van der Waals surface area contributed by atoms with Gasteiger partial charge >= 0.3 is 0 Å². The van der Waals surface area contributed by atoms with Crippen molar-refractivity contribution in [2.24, 2.45) is 5.10 Å². The molecule has 0 unspecified atom stereocenters. The highest BCUT2D eigenvalue weighted by Gasteiger charge is 2.08. The maximum Gasteiger partial charge on any atom is 0.250 e. The fraction of sp³-hybridized carbons (Fsp3) is 0.0952. The maximum atomic E-state index is 12.2. The van der Waals surface area contributed by atoms with Crippen molar-refractivity contribution in [3.63, 3.8) is 0 Å². The van der Waals surface area contributed by atoms with Gasteiger partial charge in [0, 0.05) is 5.56 Å². The van der Waals surface area contributed by atoms with E-state index in [9.17, 15) is 4.79 Å². The summed E-state index contributed by atoms with van der Waals surface area (Å²) in [6.45, 7) is 1.91. The largest absolute Gasteiger partial charge is 0.272 e. The summed E-state index contributed by atoms with van der Waals surface area (Å²) in [6.07, 6.45) is 0. The molecule has 4 rings (SSSR count). The molecule has 0 spiro atoms. The van der Waals surface area contributed by atoms with E-state index < -0.39 is 0 Å². The zero-order chi connectivity index (χ0) is 18.6. The van der Waals surface area contributed by atoms with E-state index >= 15 is 0 Å². The standard InChI is InChI=1S/C21H17N3OS2/c1-14(16-10-6-8-15-7-2-3-9-17(15)16)23-24-20(25)13-26-21-22-18-11-4-5-12-19(18)27-21/h2-12H,13H2,1H3,(H,24,25)/b23-14+. The van der Waals surface area contributed by atoms with E-state index in [1.54, 1.807) is 11.3 Å². The highest BCUT2D eigenvalue weighted by atomic mass is 32.2. The van der Waals surface area contributed by atoms with Gasteiger partial charge in [-0.3, -0.25) is 4.79 Å². The lowest BCUT2D eigenvalue weighted by Gasteiger charge is -2.06. The Bertz CT molecular complexity index is 1110. The highest BCUT2D eigenvalue weighted by Crippen LogP contribution is 2.29. The Labute approximate surface area is 165 Å². The second-order valence-corrected chi connectivity index (χ2v) is 8.25. The number of hydrazone groups is 1. The van der Waals surface area contributed by atoms with E-state index in [2.05, 4.69) is 33.7 Å². The van der Waals surface area contributed by atoms with Gasteiger partial charge in [0.25, 0.3) is 5.91 Å². The summed E-state index contributed by atoms with van der Waals surface area (Å²) in [7, 11) is 0. The van der Waals surface area contributed by atoms with Crippen LogP contribution in [0.1, 0.15) is 12.5 Å².